The normalized spacial score (nSPS) is 21.0. The van der Waals surface area contributed by atoms with E-state index in [0.29, 0.717) is 6.42 Å². The number of nitrogens with zero attached hydrogens (tertiary/aromatic N) is 3. The van der Waals surface area contributed by atoms with Gasteiger partial charge in [-0.25, -0.2) is 4.98 Å². The van der Waals surface area contributed by atoms with E-state index >= 15 is 0 Å². The molecule has 1 aliphatic rings. The van der Waals surface area contributed by atoms with Crippen molar-refractivity contribution in [1.82, 2.24) is 14.8 Å². The third-order valence-electron chi connectivity index (χ3n) is 3.08. The van der Waals surface area contributed by atoms with E-state index < -0.39 is 5.60 Å². The number of aryl methyl sites for hydroxylation is 1. The first-order chi connectivity index (χ1) is 6.70. The molecular weight excluding hydrogens is 178 g/mol. The minimum Gasteiger partial charge on any atom is -0.389 e. The lowest BCUT2D eigenvalue weighted by molar-refractivity contribution is 0.00207. The van der Waals surface area contributed by atoms with Crippen LogP contribution >= 0.6 is 0 Å². The van der Waals surface area contributed by atoms with Crippen molar-refractivity contribution in [2.75, 3.05) is 0 Å². The van der Waals surface area contributed by atoms with Gasteiger partial charge in [-0.1, -0.05) is 19.3 Å². The van der Waals surface area contributed by atoms with Crippen molar-refractivity contribution < 1.29 is 5.11 Å². The van der Waals surface area contributed by atoms with Gasteiger partial charge in [-0.3, -0.25) is 4.68 Å². The van der Waals surface area contributed by atoms with Crippen LogP contribution in [0.1, 0.15) is 37.9 Å². The average Bonchev–Trinajstić information content (AvgIpc) is 2.52. The van der Waals surface area contributed by atoms with E-state index in [1.54, 1.807) is 11.0 Å². The second-order valence-corrected chi connectivity index (χ2v) is 4.26. The fourth-order valence-electron chi connectivity index (χ4n) is 2.16. The highest BCUT2D eigenvalue weighted by molar-refractivity contribution is 4.95. The maximum atomic E-state index is 10.3. The first-order valence-electron chi connectivity index (χ1n) is 5.25. The van der Waals surface area contributed by atoms with E-state index in [0.717, 1.165) is 31.5 Å². The van der Waals surface area contributed by atoms with E-state index in [1.165, 1.54) is 6.42 Å². The molecule has 0 atom stereocenters. The summed E-state index contributed by atoms with van der Waals surface area (Å²) < 4.78 is 1.74. The second kappa shape index (κ2) is 3.69. The van der Waals surface area contributed by atoms with E-state index in [1.807, 2.05) is 7.05 Å². The maximum absolute atomic E-state index is 10.3. The van der Waals surface area contributed by atoms with Gasteiger partial charge in [0.1, 0.15) is 12.2 Å². The third kappa shape index (κ3) is 1.95. The van der Waals surface area contributed by atoms with Crippen LogP contribution in [-0.2, 0) is 13.5 Å². The summed E-state index contributed by atoms with van der Waals surface area (Å²) in [6.07, 6.45) is 7.51. The summed E-state index contributed by atoms with van der Waals surface area (Å²) in [5, 5.41) is 14.3. The Morgan fingerprint density at radius 3 is 2.71 bits per heavy atom. The van der Waals surface area contributed by atoms with Crippen molar-refractivity contribution in [3.63, 3.8) is 0 Å². The molecule has 0 radical (unpaired) electrons. The van der Waals surface area contributed by atoms with Gasteiger partial charge in [0.2, 0.25) is 0 Å². The highest BCUT2D eigenvalue weighted by atomic mass is 16.3. The predicted molar refractivity (Wildman–Crippen MR) is 52.7 cm³/mol. The number of aliphatic hydroxyl groups is 1. The molecule has 1 N–H and O–H groups in total. The Labute approximate surface area is 84.0 Å². The Morgan fingerprint density at radius 2 is 2.14 bits per heavy atom. The molecule has 0 spiro atoms. The number of hydrogen-bond acceptors (Lipinski definition) is 3. The fraction of sp³-hybridized carbons (Fsp3) is 0.800. The summed E-state index contributed by atoms with van der Waals surface area (Å²) in [6, 6.07) is 0. The molecular formula is C10H17N3O. The van der Waals surface area contributed by atoms with Crippen molar-refractivity contribution >= 4 is 0 Å². The molecule has 0 amide bonds. The molecule has 0 unspecified atom stereocenters. The lowest BCUT2D eigenvalue weighted by Crippen LogP contribution is -2.34. The number of rotatable bonds is 2. The first kappa shape index (κ1) is 9.65. The Hall–Kier alpha value is -0.900. The van der Waals surface area contributed by atoms with Crippen molar-refractivity contribution in [2.24, 2.45) is 7.05 Å². The van der Waals surface area contributed by atoms with Gasteiger partial charge in [0.25, 0.3) is 0 Å². The van der Waals surface area contributed by atoms with Gasteiger partial charge in [-0.2, -0.15) is 5.10 Å². The van der Waals surface area contributed by atoms with Gasteiger partial charge in [0.05, 0.1) is 5.60 Å². The molecule has 1 aromatic rings. The zero-order chi connectivity index (χ0) is 10.0. The Bertz CT molecular complexity index is 302. The summed E-state index contributed by atoms with van der Waals surface area (Å²) in [6.45, 7) is 0. The van der Waals surface area contributed by atoms with Crippen LogP contribution in [0.3, 0.4) is 0 Å². The molecule has 0 aliphatic heterocycles. The van der Waals surface area contributed by atoms with Crippen molar-refractivity contribution in [3.8, 4) is 0 Å². The molecule has 14 heavy (non-hydrogen) atoms. The lowest BCUT2D eigenvalue weighted by atomic mass is 9.82. The number of aromatic nitrogens is 3. The fourth-order valence-corrected chi connectivity index (χ4v) is 2.16. The summed E-state index contributed by atoms with van der Waals surface area (Å²) in [7, 11) is 1.87. The van der Waals surface area contributed by atoms with Crippen molar-refractivity contribution in [2.45, 2.75) is 44.1 Å². The van der Waals surface area contributed by atoms with Crippen LogP contribution in [0.2, 0.25) is 0 Å². The summed E-state index contributed by atoms with van der Waals surface area (Å²) >= 11 is 0. The Balaban J connectivity index is 2.05. The van der Waals surface area contributed by atoms with Gasteiger partial charge in [-0.05, 0) is 12.8 Å². The monoisotopic (exact) mass is 195 g/mol. The molecule has 1 aliphatic carbocycles. The van der Waals surface area contributed by atoms with Crippen LogP contribution in [0.4, 0.5) is 0 Å². The van der Waals surface area contributed by atoms with Crippen LogP contribution in [0.15, 0.2) is 6.33 Å². The standard InChI is InChI=1S/C10H17N3O/c1-13-9(11-8-12-13)7-10(14)5-3-2-4-6-10/h8,14H,2-7H2,1H3. The van der Waals surface area contributed by atoms with E-state index in [9.17, 15) is 5.11 Å². The minimum atomic E-state index is -0.529. The smallest absolute Gasteiger partial charge is 0.138 e. The summed E-state index contributed by atoms with van der Waals surface area (Å²) in [5.41, 5.74) is -0.529. The van der Waals surface area contributed by atoms with Crippen LogP contribution in [0, 0.1) is 0 Å². The Kier molecular flexibility index (Phi) is 2.54. The molecule has 4 nitrogen and oxygen atoms in total. The van der Waals surface area contributed by atoms with Gasteiger partial charge in [-0.15, -0.1) is 0 Å². The molecule has 0 saturated heterocycles. The van der Waals surface area contributed by atoms with Crippen LogP contribution in [-0.4, -0.2) is 25.5 Å². The van der Waals surface area contributed by atoms with Gasteiger partial charge in [0.15, 0.2) is 0 Å². The Morgan fingerprint density at radius 1 is 1.43 bits per heavy atom. The van der Waals surface area contributed by atoms with Gasteiger partial charge >= 0.3 is 0 Å². The molecule has 1 heterocycles. The maximum Gasteiger partial charge on any atom is 0.138 e. The predicted octanol–water partition coefficient (Wildman–Crippen LogP) is 1.05. The molecule has 2 rings (SSSR count). The second-order valence-electron chi connectivity index (χ2n) is 4.26. The van der Waals surface area contributed by atoms with Gasteiger partial charge in [0, 0.05) is 13.5 Å². The lowest BCUT2D eigenvalue weighted by Gasteiger charge is -2.31. The van der Waals surface area contributed by atoms with Crippen molar-refractivity contribution in [1.29, 1.82) is 0 Å². The van der Waals surface area contributed by atoms with Crippen LogP contribution in [0.5, 0.6) is 0 Å². The highest BCUT2D eigenvalue weighted by Crippen LogP contribution is 2.30. The molecule has 0 bridgehead atoms. The molecule has 0 aromatic carbocycles. The van der Waals surface area contributed by atoms with E-state index in [2.05, 4.69) is 10.1 Å². The van der Waals surface area contributed by atoms with Crippen molar-refractivity contribution in [3.05, 3.63) is 12.2 Å². The van der Waals surface area contributed by atoms with Crippen LogP contribution in [0.25, 0.3) is 0 Å². The molecule has 1 saturated carbocycles. The molecule has 4 heteroatoms. The minimum absolute atomic E-state index is 0.529. The number of hydrogen-bond donors (Lipinski definition) is 1. The average molecular weight is 195 g/mol. The zero-order valence-electron chi connectivity index (χ0n) is 8.61. The third-order valence-corrected chi connectivity index (χ3v) is 3.08. The molecule has 1 aromatic heterocycles. The van der Waals surface area contributed by atoms with E-state index in [4.69, 9.17) is 0 Å². The molecule has 1 fully saturated rings. The summed E-state index contributed by atoms with van der Waals surface area (Å²) in [5.74, 6) is 0.884. The topological polar surface area (TPSA) is 50.9 Å². The van der Waals surface area contributed by atoms with Crippen LogP contribution < -0.4 is 0 Å². The summed E-state index contributed by atoms with van der Waals surface area (Å²) in [4.78, 5) is 4.15. The molecule has 78 valence electrons. The SMILES string of the molecule is Cn1ncnc1CC1(O)CCCCC1. The zero-order valence-corrected chi connectivity index (χ0v) is 8.61. The van der Waals surface area contributed by atoms with E-state index in [-0.39, 0.29) is 0 Å². The first-order valence-corrected chi connectivity index (χ1v) is 5.25. The quantitative estimate of drug-likeness (QED) is 0.767. The van der Waals surface area contributed by atoms with Gasteiger partial charge < -0.3 is 5.11 Å². The highest BCUT2D eigenvalue weighted by Gasteiger charge is 2.30. The largest absolute Gasteiger partial charge is 0.389 e.